The lowest BCUT2D eigenvalue weighted by atomic mass is 9.92. The van der Waals surface area contributed by atoms with Gasteiger partial charge in [0.25, 0.3) is 0 Å². The van der Waals surface area contributed by atoms with E-state index in [1.165, 1.54) is 36.8 Å². The molecule has 3 rings (SSSR count). The fourth-order valence-corrected chi connectivity index (χ4v) is 4.30. The summed E-state index contributed by atoms with van der Waals surface area (Å²) in [5.41, 5.74) is 2.95. The van der Waals surface area contributed by atoms with Gasteiger partial charge in [0.2, 0.25) is 0 Å². The SMILES string of the molecule is CNC1CC2CCC(C1)N2C(C)c1ccccc1C. The molecule has 0 aromatic heterocycles. The molecular weight excluding hydrogens is 232 g/mol. The molecule has 1 aromatic rings. The summed E-state index contributed by atoms with van der Waals surface area (Å²) in [7, 11) is 2.12. The summed E-state index contributed by atoms with van der Waals surface area (Å²) < 4.78 is 0. The quantitative estimate of drug-likeness (QED) is 0.895. The number of aryl methyl sites for hydroxylation is 1. The van der Waals surface area contributed by atoms with Gasteiger partial charge in [0, 0.05) is 24.2 Å². The summed E-state index contributed by atoms with van der Waals surface area (Å²) in [6, 6.07) is 11.7. The van der Waals surface area contributed by atoms with E-state index in [0.29, 0.717) is 6.04 Å². The number of fused-ring (bicyclic) bond motifs is 2. The minimum atomic E-state index is 0.566. The Kier molecular flexibility index (Phi) is 3.64. The van der Waals surface area contributed by atoms with Crippen LogP contribution in [0.5, 0.6) is 0 Å². The fraction of sp³-hybridized carbons (Fsp3) is 0.647. The van der Waals surface area contributed by atoms with Crippen molar-refractivity contribution in [2.75, 3.05) is 7.05 Å². The molecule has 2 nitrogen and oxygen atoms in total. The van der Waals surface area contributed by atoms with Gasteiger partial charge in [-0.3, -0.25) is 4.90 Å². The minimum Gasteiger partial charge on any atom is -0.317 e. The van der Waals surface area contributed by atoms with Crippen LogP contribution in [-0.2, 0) is 0 Å². The summed E-state index contributed by atoms with van der Waals surface area (Å²) in [6.45, 7) is 4.64. The van der Waals surface area contributed by atoms with E-state index in [2.05, 4.69) is 55.4 Å². The molecule has 19 heavy (non-hydrogen) atoms. The van der Waals surface area contributed by atoms with Crippen molar-refractivity contribution in [3.63, 3.8) is 0 Å². The number of hydrogen-bond acceptors (Lipinski definition) is 2. The van der Waals surface area contributed by atoms with Gasteiger partial charge in [-0.1, -0.05) is 24.3 Å². The first kappa shape index (κ1) is 13.1. The lowest BCUT2D eigenvalue weighted by Crippen LogP contribution is -2.49. The molecule has 0 spiro atoms. The van der Waals surface area contributed by atoms with E-state index >= 15 is 0 Å². The van der Waals surface area contributed by atoms with Gasteiger partial charge >= 0.3 is 0 Å². The molecule has 2 heteroatoms. The molecule has 0 radical (unpaired) electrons. The highest BCUT2D eigenvalue weighted by Gasteiger charge is 2.42. The minimum absolute atomic E-state index is 0.566. The van der Waals surface area contributed by atoms with Gasteiger partial charge in [-0.05, 0) is 57.7 Å². The maximum atomic E-state index is 3.49. The van der Waals surface area contributed by atoms with E-state index in [1.54, 1.807) is 0 Å². The van der Waals surface area contributed by atoms with Crippen molar-refractivity contribution in [1.29, 1.82) is 0 Å². The van der Waals surface area contributed by atoms with Crippen molar-refractivity contribution in [2.45, 2.75) is 63.7 Å². The van der Waals surface area contributed by atoms with Crippen LogP contribution in [-0.4, -0.2) is 30.1 Å². The van der Waals surface area contributed by atoms with Crippen molar-refractivity contribution in [3.05, 3.63) is 35.4 Å². The highest BCUT2D eigenvalue weighted by Crippen LogP contribution is 2.41. The smallest absolute Gasteiger partial charge is 0.0328 e. The second kappa shape index (κ2) is 5.26. The van der Waals surface area contributed by atoms with E-state index in [0.717, 1.165) is 18.1 Å². The maximum absolute atomic E-state index is 3.49. The molecule has 0 saturated carbocycles. The number of benzene rings is 1. The second-order valence-electron chi connectivity index (χ2n) is 6.32. The Bertz CT molecular complexity index is 429. The van der Waals surface area contributed by atoms with Crippen LogP contribution in [0.25, 0.3) is 0 Å². The van der Waals surface area contributed by atoms with Crippen LogP contribution in [0.3, 0.4) is 0 Å². The summed E-state index contributed by atoms with van der Waals surface area (Å²) in [6.07, 6.45) is 5.42. The van der Waals surface area contributed by atoms with Crippen LogP contribution < -0.4 is 5.32 Å². The molecule has 0 aliphatic carbocycles. The Morgan fingerprint density at radius 1 is 1.16 bits per heavy atom. The third-order valence-electron chi connectivity index (χ3n) is 5.28. The monoisotopic (exact) mass is 258 g/mol. The van der Waals surface area contributed by atoms with Gasteiger partial charge in [0.15, 0.2) is 0 Å². The zero-order valence-corrected chi connectivity index (χ0v) is 12.4. The highest BCUT2D eigenvalue weighted by atomic mass is 15.3. The fourth-order valence-electron chi connectivity index (χ4n) is 4.30. The van der Waals surface area contributed by atoms with Gasteiger partial charge in [-0.25, -0.2) is 0 Å². The van der Waals surface area contributed by atoms with Crippen molar-refractivity contribution >= 4 is 0 Å². The Morgan fingerprint density at radius 3 is 2.37 bits per heavy atom. The Balaban J connectivity index is 1.82. The topological polar surface area (TPSA) is 15.3 Å². The van der Waals surface area contributed by atoms with Gasteiger partial charge in [-0.2, -0.15) is 0 Å². The molecule has 2 aliphatic heterocycles. The molecule has 2 saturated heterocycles. The third-order valence-corrected chi connectivity index (χ3v) is 5.28. The van der Waals surface area contributed by atoms with Gasteiger partial charge < -0.3 is 5.32 Å². The number of rotatable bonds is 3. The first-order valence-electron chi connectivity index (χ1n) is 7.71. The molecule has 3 atom stereocenters. The molecule has 1 aromatic carbocycles. The first-order chi connectivity index (χ1) is 9.20. The van der Waals surface area contributed by atoms with Crippen LogP contribution in [0.1, 0.15) is 49.8 Å². The Morgan fingerprint density at radius 2 is 1.79 bits per heavy atom. The van der Waals surface area contributed by atoms with Crippen LogP contribution in [0.15, 0.2) is 24.3 Å². The molecule has 2 fully saturated rings. The molecule has 2 heterocycles. The third kappa shape index (κ3) is 2.32. The molecular formula is C17H26N2. The van der Waals surface area contributed by atoms with E-state index in [-0.39, 0.29) is 0 Å². The number of nitrogens with one attached hydrogen (secondary N) is 1. The van der Waals surface area contributed by atoms with Gasteiger partial charge in [0.1, 0.15) is 0 Å². The number of piperidine rings is 1. The largest absolute Gasteiger partial charge is 0.317 e. The first-order valence-corrected chi connectivity index (χ1v) is 7.71. The summed E-state index contributed by atoms with van der Waals surface area (Å²) >= 11 is 0. The summed E-state index contributed by atoms with van der Waals surface area (Å²) in [5.74, 6) is 0. The zero-order valence-electron chi connectivity index (χ0n) is 12.4. The lowest BCUT2D eigenvalue weighted by Gasteiger charge is -2.43. The van der Waals surface area contributed by atoms with Crippen molar-refractivity contribution < 1.29 is 0 Å². The zero-order chi connectivity index (χ0) is 13.4. The van der Waals surface area contributed by atoms with Crippen molar-refractivity contribution in [3.8, 4) is 0 Å². The van der Waals surface area contributed by atoms with E-state index < -0.39 is 0 Å². The van der Waals surface area contributed by atoms with Crippen LogP contribution >= 0.6 is 0 Å². The van der Waals surface area contributed by atoms with E-state index in [4.69, 9.17) is 0 Å². The standard InChI is InChI=1S/C17H26N2/c1-12-6-4-5-7-17(12)13(2)19-15-8-9-16(19)11-14(10-15)18-3/h4-7,13-16,18H,8-11H2,1-3H3. The Labute approximate surface area is 117 Å². The normalized spacial score (nSPS) is 32.5. The molecule has 1 N–H and O–H groups in total. The van der Waals surface area contributed by atoms with Crippen LogP contribution in [0.2, 0.25) is 0 Å². The predicted molar refractivity (Wildman–Crippen MR) is 80.3 cm³/mol. The number of hydrogen-bond donors (Lipinski definition) is 1. The lowest BCUT2D eigenvalue weighted by molar-refractivity contribution is 0.0786. The van der Waals surface area contributed by atoms with Crippen molar-refractivity contribution in [2.24, 2.45) is 0 Å². The van der Waals surface area contributed by atoms with E-state index in [9.17, 15) is 0 Å². The van der Waals surface area contributed by atoms with Crippen LogP contribution in [0, 0.1) is 6.92 Å². The van der Waals surface area contributed by atoms with Gasteiger partial charge in [0.05, 0.1) is 0 Å². The average Bonchev–Trinajstić information content (AvgIpc) is 2.69. The van der Waals surface area contributed by atoms with Gasteiger partial charge in [-0.15, -0.1) is 0 Å². The Hall–Kier alpha value is -0.860. The highest BCUT2D eigenvalue weighted by molar-refractivity contribution is 5.29. The van der Waals surface area contributed by atoms with E-state index in [1.807, 2.05) is 0 Å². The molecule has 2 aliphatic rings. The molecule has 0 amide bonds. The average molecular weight is 258 g/mol. The predicted octanol–water partition coefficient (Wildman–Crippen LogP) is 3.27. The van der Waals surface area contributed by atoms with Crippen molar-refractivity contribution in [1.82, 2.24) is 10.2 Å². The number of nitrogens with zero attached hydrogens (tertiary/aromatic N) is 1. The summed E-state index contributed by atoms with van der Waals surface area (Å²) in [4.78, 5) is 2.80. The molecule has 104 valence electrons. The van der Waals surface area contributed by atoms with Crippen LogP contribution in [0.4, 0.5) is 0 Å². The molecule has 3 unspecified atom stereocenters. The maximum Gasteiger partial charge on any atom is 0.0328 e. The second-order valence-corrected chi connectivity index (χ2v) is 6.32. The molecule has 2 bridgehead atoms. The summed E-state index contributed by atoms with van der Waals surface area (Å²) in [5, 5.41) is 3.49.